The Kier molecular flexibility index (Phi) is 7.27. The summed E-state index contributed by atoms with van der Waals surface area (Å²) in [5.74, 6) is 1.77. The van der Waals surface area contributed by atoms with Crippen molar-refractivity contribution >= 4 is 0 Å². The summed E-state index contributed by atoms with van der Waals surface area (Å²) in [7, 11) is 0. The first-order valence-electron chi connectivity index (χ1n) is 13.4. The molecule has 0 unspecified atom stereocenters. The van der Waals surface area contributed by atoms with E-state index in [2.05, 4.69) is 128 Å². The third-order valence-corrected chi connectivity index (χ3v) is 7.63. The van der Waals surface area contributed by atoms with Gasteiger partial charge in [0.2, 0.25) is 0 Å². The number of rotatable bonds is 7. The summed E-state index contributed by atoms with van der Waals surface area (Å²) in [6.07, 6.45) is 5.18. The summed E-state index contributed by atoms with van der Waals surface area (Å²) in [5, 5.41) is 0. The fourth-order valence-corrected chi connectivity index (χ4v) is 5.29. The standard InChI is InChI=1S/C34H42N2/c1-10-34(8,9)31-14-12-11-13-28(31)33-35-15-16-36(33)32-29(22(2)3)20-27(21-30(32)23(4)5)26-18-24(6)17-25(7)19-26/h11-23H,10H2,1-9H3. The van der Waals surface area contributed by atoms with Crippen LogP contribution in [0, 0.1) is 13.8 Å². The van der Waals surface area contributed by atoms with Gasteiger partial charge in [0.1, 0.15) is 5.82 Å². The highest BCUT2D eigenvalue weighted by Crippen LogP contribution is 2.40. The zero-order chi connectivity index (χ0) is 26.2. The number of hydrogen-bond acceptors (Lipinski definition) is 1. The lowest BCUT2D eigenvalue weighted by molar-refractivity contribution is 0.507. The van der Waals surface area contributed by atoms with E-state index >= 15 is 0 Å². The highest BCUT2D eigenvalue weighted by atomic mass is 15.1. The molecule has 0 aliphatic rings. The van der Waals surface area contributed by atoms with Gasteiger partial charge in [0, 0.05) is 18.0 Å². The van der Waals surface area contributed by atoms with Crippen molar-refractivity contribution in [2.24, 2.45) is 0 Å². The number of imidazole rings is 1. The minimum absolute atomic E-state index is 0.0714. The molecule has 1 heterocycles. The molecular weight excluding hydrogens is 436 g/mol. The Hall–Kier alpha value is -3.13. The number of aromatic nitrogens is 2. The lowest BCUT2D eigenvalue weighted by atomic mass is 9.79. The number of hydrogen-bond donors (Lipinski definition) is 0. The Bertz CT molecular complexity index is 1320. The fourth-order valence-electron chi connectivity index (χ4n) is 5.29. The third kappa shape index (κ3) is 4.91. The van der Waals surface area contributed by atoms with E-state index in [1.54, 1.807) is 0 Å². The van der Waals surface area contributed by atoms with Crippen LogP contribution in [0.4, 0.5) is 0 Å². The van der Waals surface area contributed by atoms with Crippen LogP contribution >= 0.6 is 0 Å². The van der Waals surface area contributed by atoms with E-state index < -0.39 is 0 Å². The molecule has 0 atom stereocenters. The van der Waals surface area contributed by atoms with E-state index in [-0.39, 0.29) is 5.41 Å². The Balaban J connectivity index is 2.00. The van der Waals surface area contributed by atoms with Gasteiger partial charge in [0.15, 0.2) is 0 Å². The molecule has 0 aliphatic carbocycles. The largest absolute Gasteiger partial charge is 0.299 e. The van der Waals surface area contributed by atoms with Gasteiger partial charge in [-0.2, -0.15) is 0 Å². The van der Waals surface area contributed by atoms with E-state index in [4.69, 9.17) is 4.98 Å². The molecule has 188 valence electrons. The van der Waals surface area contributed by atoms with Crippen LogP contribution in [-0.2, 0) is 5.41 Å². The monoisotopic (exact) mass is 478 g/mol. The van der Waals surface area contributed by atoms with Crippen LogP contribution in [-0.4, -0.2) is 9.55 Å². The first-order chi connectivity index (χ1) is 17.0. The molecule has 3 aromatic carbocycles. The lowest BCUT2D eigenvalue weighted by Gasteiger charge is -2.28. The zero-order valence-electron chi connectivity index (χ0n) is 23.6. The molecule has 1 aromatic heterocycles. The van der Waals surface area contributed by atoms with Crippen LogP contribution in [0.1, 0.15) is 94.5 Å². The van der Waals surface area contributed by atoms with Gasteiger partial charge in [-0.25, -0.2) is 4.98 Å². The van der Waals surface area contributed by atoms with E-state index in [0.717, 1.165) is 12.2 Å². The molecule has 0 amide bonds. The maximum absolute atomic E-state index is 4.94. The van der Waals surface area contributed by atoms with Gasteiger partial charge in [-0.05, 0) is 77.5 Å². The van der Waals surface area contributed by atoms with Crippen LogP contribution in [0.15, 0.2) is 67.0 Å². The Morgan fingerprint density at radius 2 is 1.36 bits per heavy atom. The van der Waals surface area contributed by atoms with Gasteiger partial charge >= 0.3 is 0 Å². The van der Waals surface area contributed by atoms with E-state index in [1.165, 1.54) is 50.2 Å². The highest BCUT2D eigenvalue weighted by Gasteiger charge is 2.26. The van der Waals surface area contributed by atoms with Crippen molar-refractivity contribution in [1.82, 2.24) is 9.55 Å². The maximum atomic E-state index is 4.94. The molecule has 2 nitrogen and oxygen atoms in total. The molecule has 0 N–H and O–H groups in total. The maximum Gasteiger partial charge on any atom is 0.144 e. The molecule has 0 saturated carbocycles. The molecule has 4 rings (SSSR count). The zero-order valence-corrected chi connectivity index (χ0v) is 23.6. The van der Waals surface area contributed by atoms with Crippen molar-refractivity contribution < 1.29 is 0 Å². The summed E-state index contributed by atoms with van der Waals surface area (Å²) < 4.78 is 2.35. The third-order valence-electron chi connectivity index (χ3n) is 7.63. The predicted molar refractivity (Wildman–Crippen MR) is 155 cm³/mol. The first-order valence-corrected chi connectivity index (χ1v) is 13.4. The highest BCUT2D eigenvalue weighted by molar-refractivity contribution is 5.73. The van der Waals surface area contributed by atoms with Crippen molar-refractivity contribution in [3.8, 4) is 28.2 Å². The van der Waals surface area contributed by atoms with Crippen LogP contribution in [0.5, 0.6) is 0 Å². The van der Waals surface area contributed by atoms with Crippen LogP contribution in [0.3, 0.4) is 0 Å². The summed E-state index contributed by atoms with van der Waals surface area (Å²) in [6, 6.07) is 20.5. The SMILES string of the molecule is CCC(C)(C)c1ccccc1-c1nccn1-c1c(C(C)C)cc(-c2cc(C)cc(C)c2)cc1C(C)C. The summed E-state index contributed by atoms with van der Waals surface area (Å²) in [5.41, 5.74) is 11.9. The van der Waals surface area contributed by atoms with Gasteiger partial charge in [-0.1, -0.05) is 102 Å². The lowest BCUT2D eigenvalue weighted by Crippen LogP contribution is -2.17. The molecule has 0 fully saturated rings. The summed E-state index contributed by atoms with van der Waals surface area (Å²) >= 11 is 0. The Labute approximate surface area is 218 Å². The summed E-state index contributed by atoms with van der Waals surface area (Å²) in [6.45, 7) is 20.5. The predicted octanol–water partition coefficient (Wildman–Crippen LogP) is 9.76. The first kappa shape index (κ1) is 25.9. The molecule has 0 radical (unpaired) electrons. The van der Waals surface area contributed by atoms with Crippen molar-refractivity contribution in [2.45, 2.75) is 86.0 Å². The van der Waals surface area contributed by atoms with Gasteiger partial charge < -0.3 is 0 Å². The van der Waals surface area contributed by atoms with Gasteiger partial charge in [0.05, 0.1) is 5.69 Å². The second-order valence-corrected chi connectivity index (χ2v) is 11.6. The second-order valence-electron chi connectivity index (χ2n) is 11.6. The van der Waals surface area contributed by atoms with Crippen LogP contribution < -0.4 is 0 Å². The van der Waals surface area contributed by atoms with Crippen LogP contribution in [0.2, 0.25) is 0 Å². The average molecular weight is 479 g/mol. The molecule has 4 aromatic rings. The summed E-state index contributed by atoms with van der Waals surface area (Å²) in [4.78, 5) is 4.94. The van der Waals surface area contributed by atoms with Crippen molar-refractivity contribution in [3.63, 3.8) is 0 Å². The minimum atomic E-state index is 0.0714. The van der Waals surface area contributed by atoms with E-state index in [1.807, 2.05) is 6.20 Å². The molecule has 2 heteroatoms. The van der Waals surface area contributed by atoms with Gasteiger partial charge in [0.25, 0.3) is 0 Å². The van der Waals surface area contributed by atoms with Crippen LogP contribution in [0.25, 0.3) is 28.2 Å². The number of aryl methyl sites for hydroxylation is 2. The van der Waals surface area contributed by atoms with Gasteiger partial charge in [-0.3, -0.25) is 4.57 Å². The normalized spacial score (nSPS) is 12.1. The van der Waals surface area contributed by atoms with Crippen molar-refractivity contribution in [1.29, 1.82) is 0 Å². The molecular formula is C34H42N2. The average Bonchev–Trinajstić information content (AvgIpc) is 3.32. The van der Waals surface area contributed by atoms with Gasteiger partial charge in [-0.15, -0.1) is 0 Å². The Morgan fingerprint density at radius 1 is 0.806 bits per heavy atom. The molecule has 0 aliphatic heterocycles. The quantitative estimate of drug-likeness (QED) is 0.258. The smallest absolute Gasteiger partial charge is 0.144 e. The molecule has 36 heavy (non-hydrogen) atoms. The van der Waals surface area contributed by atoms with Crippen molar-refractivity contribution in [2.75, 3.05) is 0 Å². The Morgan fingerprint density at radius 3 is 1.92 bits per heavy atom. The second kappa shape index (κ2) is 10.1. The topological polar surface area (TPSA) is 17.8 Å². The number of benzene rings is 3. The van der Waals surface area contributed by atoms with E-state index in [0.29, 0.717) is 11.8 Å². The van der Waals surface area contributed by atoms with E-state index in [9.17, 15) is 0 Å². The number of nitrogens with zero attached hydrogens (tertiary/aromatic N) is 2. The molecule has 0 bridgehead atoms. The fraction of sp³-hybridized carbons (Fsp3) is 0.382. The minimum Gasteiger partial charge on any atom is -0.299 e. The molecule has 0 spiro atoms. The van der Waals surface area contributed by atoms with Crippen molar-refractivity contribution in [3.05, 3.63) is 94.8 Å². The molecule has 0 saturated heterocycles.